The lowest BCUT2D eigenvalue weighted by molar-refractivity contribution is -0.138. The summed E-state index contributed by atoms with van der Waals surface area (Å²) >= 11 is 7.60. The average molecular weight is 451 g/mol. The van der Waals surface area contributed by atoms with Crippen LogP contribution in [0.25, 0.3) is 0 Å². The molecule has 2 aromatic rings. The van der Waals surface area contributed by atoms with E-state index in [1.54, 1.807) is 31.2 Å². The molecule has 30 heavy (non-hydrogen) atoms. The summed E-state index contributed by atoms with van der Waals surface area (Å²) in [4.78, 5) is 27.2. The van der Waals surface area contributed by atoms with E-state index < -0.39 is 6.04 Å². The van der Waals surface area contributed by atoms with Gasteiger partial charge in [0.1, 0.15) is 11.9 Å². The summed E-state index contributed by atoms with van der Waals surface area (Å²) in [5, 5.41) is 3.48. The minimum atomic E-state index is -0.656. The minimum Gasteiger partial charge on any atom is -0.352 e. The number of rotatable bonds is 10. The monoisotopic (exact) mass is 450 g/mol. The van der Waals surface area contributed by atoms with Crippen LogP contribution in [0.3, 0.4) is 0 Å². The second-order valence-corrected chi connectivity index (χ2v) is 8.58. The molecule has 2 atom stereocenters. The molecule has 0 aromatic heterocycles. The van der Waals surface area contributed by atoms with Crippen molar-refractivity contribution in [1.82, 2.24) is 10.2 Å². The third-order valence-electron chi connectivity index (χ3n) is 4.91. The van der Waals surface area contributed by atoms with Crippen molar-refractivity contribution in [2.45, 2.75) is 51.6 Å². The molecular weight excluding hydrogens is 423 g/mol. The van der Waals surface area contributed by atoms with Gasteiger partial charge in [0.25, 0.3) is 0 Å². The molecule has 0 bridgehead atoms. The van der Waals surface area contributed by atoms with Gasteiger partial charge in [-0.05, 0) is 43.5 Å². The van der Waals surface area contributed by atoms with Crippen molar-refractivity contribution in [2.24, 2.45) is 0 Å². The molecule has 0 saturated heterocycles. The molecular formula is C23H28ClFN2O2S. The van der Waals surface area contributed by atoms with Crippen LogP contribution in [-0.2, 0) is 21.9 Å². The molecule has 0 aliphatic rings. The standard InChI is InChI=1S/C23H28ClFN2O2S/c1-4-16(2)26-23(29)17(3)27(13-18-9-5-7-11-20(18)24)22(28)15-30-14-19-10-6-8-12-21(19)25/h5-12,16-17H,4,13-15H2,1-3H3,(H,26,29)/t16-,17+/m1/s1. The Morgan fingerprint density at radius 3 is 2.37 bits per heavy atom. The van der Waals surface area contributed by atoms with E-state index in [4.69, 9.17) is 11.6 Å². The van der Waals surface area contributed by atoms with Crippen LogP contribution in [0.1, 0.15) is 38.3 Å². The molecule has 2 rings (SSSR count). The Morgan fingerprint density at radius 2 is 1.73 bits per heavy atom. The van der Waals surface area contributed by atoms with Crippen LogP contribution < -0.4 is 5.32 Å². The van der Waals surface area contributed by atoms with E-state index in [1.165, 1.54) is 22.7 Å². The number of halogens is 2. The Hall–Kier alpha value is -2.05. The second kappa shape index (κ2) is 12.0. The summed E-state index contributed by atoms with van der Waals surface area (Å²) in [6.07, 6.45) is 0.801. The summed E-state index contributed by atoms with van der Waals surface area (Å²) < 4.78 is 13.8. The number of nitrogens with zero attached hydrogens (tertiary/aromatic N) is 1. The summed E-state index contributed by atoms with van der Waals surface area (Å²) in [6.45, 7) is 5.86. The SMILES string of the molecule is CC[C@@H](C)NC(=O)[C@H](C)N(Cc1ccccc1Cl)C(=O)CSCc1ccccc1F. The maximum atomic E-state index is 13.8. The number of benzene rings is 2. The second-order valence-electron chi connectivity index (χ2n) is 7.19. The van der Waals surface area contributed by atoms with Gasteiger partial charge in [-0.1, -0.05) is 54.9 Å². The summed E-state index contributed by atoms with van der Waals surface area (Å²) in [5.74, 6) is -0.162. The first kappa shape index (κ1) is 24.2. The number of hydrogen-bond acceptors (Lipinski definition) is 3. The Bertz CT molecular complexity index is 865. The summed E-state index contributed by atoms with van der Waals surface area (Å²) in [6, 6.07) is 13.2. The van der Waals surface area contributed by atoms with Crippen molar-refractivity contribution in [2.75, 3.05) is 5.75 Å². The van der Waals surface area contributed by atoms with Gasteiger partial charge >= 0.3 is 0 Å². The summed E-state index contributed by atoms with van der Waals surface area (Å²) in [7, 11) is 0. The number of carbonyl (C=O) groups excluding carboxylic acids is 2. The molecule has 162 valence electrons. The molecule has 0 unspecified atom stereocenters. The first-order valence-electron chi connectivity index (χ1n) is 9.97. The first-order valence-corrected chi connectivity index (χ1v) is 11.5. The minimum absolute atomic E-state index is 0.0210. The normalized spacial score (nSPS) is 12.8. The van der Waals surface area contributed by atoms with Crippen molar-refractivity contribution in [3.63, 3.8) is 0 Å². The zero-order valence-corrected chi connectivity index (χ0v) is 19.1. The Labute approximate surface area is 187 Å². The van der Waals surface area contributed by atoms with Crippen LogP contribution in [0.15, 0.2) is 48.5 Å². The lowest BCUT2D eigenvalue weighted by Crippen LogP contribution is -2.50. The van der Waals surface area contributed by atoms with Gasteiger partial charge in [-0.3, -0.25) is 9.59 Å². The highest BCUT2D eigenvalue weighted by molar-refractivity contribution is 7.99. The summed E-state index contributed by atoms with van der Waals surface area (Å²) in [5.41, 5.74) is 1.32. The number of nitrogens with one attached hydrogen (secondary N) is 1. The van der Waals surface area contributed by atoms with Crippen molar-refractivity contribution in [1.29, 1.82) is 0 Å². The van der Waals surface area contributed by atoms with Crippen LogP contribution in [-0.4, -0.2) is 34.6 Å². The molecule has 0 radical (unpaired) electrons. The highest BCUT2D eigenvalue weighted by Crippen LogP contribution is 2.21. The Balaban J connectivity index is 2.10. The van der Waals surface area contributed by atoms with Gasteiger partial charge in [0.2, 0.25) is 11.8 Å². The highest BCUT2D eigenvalue weighted by atomic mass is 35.5. The van der Waals surface area contributed by atoms with Crippen LogP contribution in [0.4, 0.5) is 4.39 Å². The van der Waals surface area contributed by atoms with Crippen LogP contribution in [0.2, 0.25) is 5.02 Å². The van der Waals surface area contributed by atoms with Crippen LogP contribution in [0.5, 0.6) is 0 Å². The van der Waals surface area contributed by atoms with Crippen LogP contribution in [0, 0.1) is 5.82 Å². The van der Waals surface area contributed by atoms with E-state index in [0.717, 1.165) is 12.0 Å². The predicted octanol–water partition coefficient (Wildman–Crippen LogP) is 5.04. The van der Waals surface area contributed by atoms with Crippen molar-refractivity contribution < 1.29 is 14.0 Å². The fraction of sp³-hybridized carbons (Fsp3) is 0.391. The first-order chi connectivity index (χ1) is 14.3. The van der Waals surface area contributed by atoms with Gasteiger partial charge in [-0.2, -0.15) is 0 Å². The van der Waals surface area contributed by atoms with Crippen molar-refractivity contribution >= 4 is 35.2 Å². The number of carbonyl (C=O) groups is 2. The van der Waals surface area contributed by atoms with E-state index in [9.17, 15) is 14.0 Å². The molecule has 0 aliphatic heterocycles. The molecule has 0 spiro atoms. The highest BCUT2D eigenvalue weighted by Gasteiger charge is 2.27. The van der Waals surface area contributed by atoms with Gasteiger partial charge in [0.05, 0.1) is 5.75 Å². The average Bonchev–Trinajstić information content (AvgIpc) is 2.73. The predicted molar refractivity (Wildman–Crippen MR) is 122 cm³/mol. The van der Waals surface area contributed by atoms with Gasteiger partial charge < -0.3 is 10.2 Å². The van der Waals surface area contributed by atoms with E-state index >= 15 is 0 Å². The molecule has 4 nitrogen and oxygen atoms in total. The maximum Gasteiger partial charge on any atom is 0.242 e. The molecule has 0 aliphatic carbocycles. The van der Waals surface area contributed by atoms with Gasteiger partial charge in [0, 0.05) is 23.4 Å². The molecule has 2 amide bonds. The Morgan fingerprint density at radius 1 is 1.10 bits per heavy atom. The Kier molecular flexibility index (Phi) is 9.66. The molecule has 7 heteroatoms. The lowest BCUT2D eigenvalue weighted by atomic mass is 10.1. The fourth-order valence-electron chi connectivity index (χ4n) is 2.80. The quantitative estimate of drug-likeness (QED) is 0.551. The van der Waals surface area contributed by atoms with Gasteiger partial charge in [-0.25, -0.2) is 4.39 Å². The largest absolute Gasteiger partial charge is 0.352 e. The molecule has 2 aromatic carbocycles. The van der Waals surface area contributed by atoms with E-state index in [0.29, 0.717) is 16.3 Å². The van der Waals surface area contributed by atoms with Gasteiger partial charge in [-0.15, -0.1) is 11.8 Å². The van der Waals surface area contributed by atoms with Gasteiger partial charge in [0.15, 0.2) is 0 Å². The zero-order valence-electron chi connectivity index (χ0n) is 17.5. The maximum absolute atomic E-state index is 13.8. The van der Waals surface area contributed by atoms with E-state index in [1.807, 2.05) is 32.0 Å². The molecule has 0 saturated carbocycles. The fourth-order valence-corrected chi connectivity index (χ4v) is 3.90. The smallest absolute Gasteiger partial charge is 0.242 e. The third kappa shape index (κ3) is 7.03. The van der Waals surface area contributed by atoms with Crippen molar-refractivity contribution in [3.8, 4) is 0 Å². The topological polar surface area (TPSA) is 49.4 Å². The number of thioether (sulfide) groups is 1. The molecule has 1 N–H and O–H groups in total. The number of amides is 2. The van der Waals surface area contributed by atoms with Crippen molar-refractivity contribution in [3.05, 3.63) is 70.5 Å². The van der Waals surface area contributed by atoms with Crippen LogP contribution >= 0.6 is 23.4 Å². The lowest BCUT2D eigenvalue weighted by Gasteiger charge is -2.30. The number of hydrogen-bond donors (Lipinski definition) is 1. The zero-order chi connectivity index (χ0) is 22.1. The third-order valence-corrected chi connectivity index (χ3v) is 6.24. The molecule has 0 fully saturated rings. The van der Waals surface area contributed by atoms with E-state index in [-0.39, 0.29) is 36.0 Å². The van der Waals surface area contributed by atoms with E-state index in [2.05, 4.69) is 5.32 Å². The molecule has 0 heterocycles.